The van der Waals surface area contributed by atoms with E-state index in [0.717, 1.165) is 25.7 Å². The van der Waals surface area contributed by atoms with Crippen molar-refractivity contribution in [2.45, 2.75) is 77.3 Å². The maximum Gasteiger partial charge on any atom is 0.345 e. The number of carbonyl (C=O) groups is 1. The van der Waals surface area contributed by atoms with Gasteiger partial charge in [0.2, 0.25) is 0 Å². The minimum atomic E-state index is -4.17. The first-order valence-electron chi connectivity index (χ1n) is 7.58. The first-order chi connectivity index (χ1) is 9.38. The number of carboxylic acid groups (broad SMARTS) is 1. The third kappa shape index (κ3) is 5.19. The summed E-state index contributed by atoms with van der Waals surface area (Å²) < 4.78 is 17.4. The monoisotopic (exact) mass is 308 g/mol. The van der Waals surface area contributed by atoms with Gasteiger partial charge in [-0.05, 0) is 19.8 Å². The molecule has 1 unspecified atom stereocenters. The van der Waals surface area contributed by atoms with Crippen LogP contribution >= 0.6 is 7.60 Å². The molecule has 0 saturated carbocycles. The van der Waals surface area contributed by atoms with Crippen LogP contribution in [-0.4, -0.2) is 27.7 Å². The van der Waals surface area contributed by atoms with Gasteiger partial charge in [-0.15, -0.1) is 0 Å². The van der Waals surface area contributed by atoms with Gasteiger partial charge >= 0.3 is 13.6 Å². The third-order valence-corrected chi connectivity index (χ3v) is 5.96. The lowest BCUT2D eigenvalue weighted by Gasteiger charge is -2.32. The van der Waals surface area contributed by atoms with Gasteiger partial charge in [-0.2, -0.15) is 0 Å². The molecule has 0 saturated heterocycles. The topological polar surface area (TPSA) is 83.8 Å². The highest BCUT2D eigenvalue weighted by Gasteiger charge is 2.54. The van der Waals surface area contributed by atoms with Gasteiger partial charge in [0.15, 0.2) is 5.16 Å². The van der Waals surface area contributed by atoms with Crippen molar-refractivity contribution >= 4 is 13.6 Å². The molecule has 0 rings (SSSR count). The van der Waals surface area contributed by atoms with Crippen molar-refractivity contribution in [3.05, 3.63) is 0 Å². The van der Waals surface area contributed by atoms with Crippen LogP contribution in [-0.2, 0) is 13.9 Å². The van der Waals surface area contributed by atoms with Crippen molar-refractivity contribution in [2.75, 3.05) is 6.61 Å². The molecule has 0 aliphatic rings. The molecular formula is C14H29O5P. The Morgan fingerprint density at radius 1 is 1.05 bits per heavy atom. The fraction of sp³-hybridized carbons (Fsp3) is 0.929. The Bertz CT molecular complexity index is 320. The van der Waals surface area contributed by atoms with Gasteiger partial charge in [0.1, 0.15) is 0 Å². The van der Waals surface area contributed by atoms with Crippen LogP contribution in [0.4, 0.5) is 0 Å². The highest BCUT2D eigenvalue weighted by molar-refractivity contribution is 7.55. The van der Waals surface area contributed by atoms with E-state index in [4.69, 9.17) is 4.52 Å². The SMILES string of the molecule is CCCCCC(CCCCC)(C(=O)O)P(=O)(O)OCC. The number of aliphatic carboxylic acids is 1. The van der Waals surface area contributed by atoms with Crippen LogP contribution < -0.4 is 0 Å². The first-order valence-corrected chi connectivity index (χ1v) is 9.16. The van der Waals surface area contributed by atoms with E-state index in [2.05, 4.69) is 0 Å². The van der Waals surface area contributed by atoms with E-state index in [9.17, 15) is 19.4 Å². The van der Waals surface area contributed by atoms with Crippen LogP contribution in [0.3, 0.4) is 0 Å². The number of carboxylic acids is 1. The summed E-state index contributed by atoms with van der Waals surface area (Å²) >= 11 is 0. The number of hydrogen-bond donors (Lipinski definition) is 2. The normalized spacial score (nSPS) is 15.0. The average Bonchev–Trinajstić information content (AvgIpc) is 2.36. The maximum absolute atomic E-state index is 12.4. The lowest BCUT2D eigenvalue weighted by atomic mass is 9.94. The Labute approximate surface area is 122 Å². The van der Waals surface area contributed by atoms with Gasteiger partial charge in [-0.25, -0.2) is 0 Å². The molecule has 6 heteroatoms. The zero-order valence-corrected chi connectivity index (χ0v) is 13.8. The predicted octanol–water partition coefficient (Wildman–Crippen LogP) is 4.19. The molecule has 0 aromatic rings. The molecule has 0 aromatic carbocycles. The lowest BCUT2D eigenvalue weighted by Crippen LogP contribution is -2.39. The quantitative estimate of drug-likeness (QED) is 0.417. The van der Waals surface area contributed by atoms with Crippen LogP contribution in [0, 0.1) is 0 Å². The van der Waals surface area contributed by atoms with E-state index >= 15 is 0 Å². The smallest absolute Gasteiger partial charge is 0.345 e. The minimum absolute atomic E-state index is 0.0460. The van der Waals surface area contributed by atoms with E-state index in [1.807, 2.05) is 13.8 Å². The molecule has 5 nitrogen and oxygen atoms in total. The van der Waals surface area contributed by atoms with Crippen LogP contribution in [0.1, 0.15) is 72.1 Å². The Morgan fingerprint density at radius 3 is 1.80 bits per heavy atom. The van der Waals surface area contributed by atoms with Crippen LogP contribution in [0.25, 0.3) is 0 Å². The Morgan fingerprint density at radius 2 is 1.50 bits per heavy atom. The highest BCUT2D eigenvalue weighted by atomic mass is 31.2. The van der Waals surface area contributed by atoms with Crippen molar-refractivity contribution in [3.8, 4) is 0 Å². The van der Waals surface area contributed by atoms with Crippen molar-refractivity contribution in [2.24, 2.45) is 0 Å². The molecule has 2 N–H and O–H groups in total. The average molecular weight is 308 g/mol. The third-order valence-electron chi connectivity index (χ3n) is 3.63. The summed E-state index contributed by atoms with van der Waals surface area (Å²) in [7, 11) is -4.17. The highest BCUT2D eigenvalue weighted by Crippen LogP contribution is 2.60. The van der Waals surface area contributed by atoms with Gasteiger partial charge in [-0.1, -0.05) is 52.4 Å². The summed E-state index contributed by atoms with van der Waals surface area (Å²) in [6.07, 6.45) is 5.26. The van der Waals surface area contributed by atoms with E-state index in [1.165, 1.54) is 0 Å². The molecule has 0 radical (unpaired) electrons. The van der Waals surface area contributed by atoms with Crippen molar-refractivity contribution < 1.29 is 23.9 Å². The molecule has 0 bridgehead atoms. The van der Waals surface area contributed by atoms with Gasteiger partial charge in [-0.3, -0.25) is 9.36 Å². The fourth-order valence-corrected chi connectivity index (χ4v) is 4.10. The molecule has 20 heavy (non-hydrogen) atoms. The molecule has 0 fully saturated rings. The minimum Gasteiger partial charge on any atom is -0.480 e. The predicted molar refractivity (Wildman–Crippen MR) is 80.1 cm³/mol. The van der Waals surface area contributed by atoms with Crippen LogP contribution in [0.2, 0.25) is 0 Å². The van der Waals surface area contributed by atoms with Crippen molar-refractivity contribution in [1.82, 2.24) is 0 Å². The van der Waals surface area contributed by atoms with Gasteiger partial charge in [0, 0.05) is 0 Å². The largest absolute Gasteiger partial charge is 0.480 e. The summed E-state index contributed by atoms with van der Waals surface area (Å²) in [6, 6.07) is 0. The summed E-state index contributed by atoms with van der Waals surface area (Å²) in [5.74, 6) is -1.20. The second kappa shape index (κ2) is 9.54. The number of hydrogen-bond acceptors (Lipinski definition) is 3. The molecule has 0 aliphatic carbocycles. The molecular weight excluding hydrogens is 279 g/mol. The van der Waals surface area contributed by atoms with E-state index in [0.29, 0.717) is 12.8 Å². The first kappa shape index (κ1) is 19.6. The molecule has 0 heterocycles. The fourth-order valence-electron chi connectivity index (χ4n) is 2.38. The van der Waals surface area contributed by atoms with E-state index in [-0.39, 0.29) is 19.4 Å². The van der Waals surface area contributed by atoms with E-state index < -0.39 is 18.7 Å². The molecule has 120 valence electrons. The molecule has 0 spiro atoms. The standard InChI is InChI=1S/C14H29O5P/c1-4-7-9-11-14(13(15)16,12-10-8-5-2)20(17,18)19-6-3/h4-12H2,1-3H3,(H,15,16)(H,17,18). The molecule has 0 aliphatic heterocycles. The molecule has 0 aromatic heterocycles. The lowest BCUT2D eigenvalue weighted by molar-refractivity contribution is -0.141. The second-order valence-corrected chi connectivity index (χ2v) is 7.34. The summed E-state index contributed by atoms with van der Waals surface area (Å²) in [5, 5.41) is 7.93. The maximum atomic E-state index is 12.4. The van der Waals surface area contributed by atoms with Gasteiger partial charge in [0.25, 0.3) is 0 Å². The van der Waals surface area contributed by atoms with Crippen molar-refractivity contribution in [1.29, 1.82) is 0 Å². The Hall–Kier alpha value is -0.380. The summed E-state index contributed by atoms with van der Waals surface area (Å²) in [5.41, 5.74) is 0. The Kier molecular flexibility index (Phi) is 9.36. The summed E-state index contributed by atoms with van der Waals surface area (Å²) in [6.45, 7) is 5.68. The Balaban J connectivity index is 5.21. The van der Waals surface area contributed by atoms with Gasteiger partial charge in [0.05, 0.1) is 6.61 Å². The van der Waals surface area contributed by atoms with Crippen LogP contribution in [0.5, 0.6) is 0 Å². The zero-order valence-electron chi connectivity index (χ0n) is 12.9. The van der Waals surface area contributed by atoms with E-state index in [1.54, 1.807) is 6.92 Å². The number of unbranched alkanes of at least 4 members (excludes halogenated alkanes) is 4. The summed E-state index contributed by atoms with van der Waals surface area (Å²) in [4.78, 5) is 21.9. The molecule has 1 atom stereocenters. The number of rotatable bonds is 12. The van der Waals surface area contributed by atoms with Crippen LogP contribution in [0.15, 0.2) is 0 Å². The van der Waals surface area contributed by atoms with Crippen molar-refractivity contribution in [3.63, 3.8) is 0 Å². The zero-order chi connectivity index (χ0) is 15.6. The second-order valence-electron chi connectivity index (χ2n) is 5.19. The molecule has 0 amide bonds. The van der Waals surface area contributed by atoms with Gasteiger partial charge < -0.3 is 14.5 Å².